The number of piperidine rings is 1. The van der Waals surface area contributed by atoms with E-state index < -0.39 is 0 Å². The Hall–Kier alpha value is -2.68. The van der Waals surface area contributed by atoms with Gasteiger partial charge in [0, 0.05) is 31.6 Å². The lowest BCUT2D eigenvalue weighted by molar-refractivity contribution is 0.0700. The highest BCUT2D eigenvalue weighted by Crippen LogP contribution is 2.24. The molecule has 5 nitrogen and oxygen atoms in total. The average molecular weight is 326 g/mol. The number of carbonyl (C=O) groups is 1. The number of benzene rings is 1. The summed E-state index contributed by atoms with van der Waals surface area (Å²) in [5.74, 6) is -0.333. The number of aromatic nitrogens is 2. The molecule has 24 heavy (non-hydrogen) atoms. The predicted octanol–water partition coefficient (Wildman–Crippen LogP) is 2.91. The van der Waals surface area contributed by atoms with Crippen molar-refractivity contribution in [3.05, 3.63) is 41.3 Å². The van der Waals surface area contributed by atoms with Gasteiger partial charge < -0.3 is 4.90 Å². The van der Waals surface area contributed by atoms with Crippen LogP contribution in [0, 0.1) is 30.0 Å². The van der Waals surface area contributed by atoms with Crippen LogP contribution >= 0.6 is 0 Å². The van der Waals surface area contributed by atoms with Gasteiger partial charge in [0.25, 0.3) is 5.91 Å². The van der Waals surface area contributed by atoms with E-state index >= 15 is 0 Å². The van der Waals surface area contributed by atoms with E-state index in [9.17, 15) is 9.18 Å². The summed E-state index contributed by atoms with van der Waals surface area (Å²) in [6, 6.07) is 8.86. The first kappa shape index (κ1) is 16.2. The zero-order chi connectivity index (χ0) is 17.3. The van der Waals surface area contributed by atoms with Gasteiger partial charge in [-0.1, -0.05) is 0 Å². The molecule has 1 fully saturated rings. The molecule has 0 atom stereocenters. The van der Waals surface area contributed by atoms with E-state index in [4.69, 9.17) is 5.26 Å². The molecule has 0 unspecified atom stereocenters. The van der Waals surface area contributed by atoms with Crippen LogP contribution in [-0.2, 0) is 7.05 Å². The van der Waals surface area contributed by atoms with Crippen molar-refractivity contribution in [2.45, 2.75) is 19.8 Å². The number of rotatable bonds is 2. The largest absolute Gasteiger partial charge is 0.337 e. The maximum atomic E-state index is 13.4. The summed E-state index contributed by atoms with van der Waals surface area (Å²) in [6.45, 7) is 2.87. The molecule has 0 N–H and O–H groups in total. The number of aryl methyl sites for hydroxylation is 2. The standard InChI is InChI=1S/C18H19FN4O/c1-12-9-14(3-4-15(12)19)17-10-16(21-22(17)2)18(24)23-7-5-13(11-20)6-8-23/h3-4,9-10,13H,5-8H2,1-2H3. The van der Waals surface area contributed by atoms with Crippen molar-refractivity contribution in [3.8, 4) is 17.3 Å². The Morgan fingerprint density at radius 1 is 1.33 bits per heavy atom. The van der Waals surface area contributed by atoms with Gasteiger partial charge in [0.1, 0.15) is 5.82 Å². The van der Waals surface area contributed by atoms with Crippen LogP contribution in [0.2, 0.25) is 0 Å². The van der Waals surface area contributed by atoms with Gasteiger partial charge in [0.2, 0.25) is 0 Å². The molecule has 0 radical (unpaired) electrons. The fourth-order valence-electron chi connectivity index (χ4n) is 3.02. The molecule has 1 amide bonds. The second kappa shape index (κ2) is 6.44. The van der Waals surface area contributed by atoms with E-state index in [2.05, 4.69) is 11.2 Å². The van der Waals surface area contributed by atoms with Crippen molar-refractivity contribution in [1.29, 1.82) is 5.26 Å². The number of likely N-dealkylation sites (tertiary alicyclic amines) is 1. The first-order chi connectivity index (χ1) is 11.5. The normalized spacial score (nSPS) is 15.3. The summed E-state index contributed by atoms with van der Waals surface area (Å²) >= 11 is 0. The molecule has 1 aliphatic rings. The summed E-state index contributed by atoms with van der Waals surface area (Å²) in [5.41, 5.74) is 2.53. The van der Waals surface area contributed by atoms with Crippen LogP contribution in [0.15, 0.2) is 24.3 Å². The van der Waals surface area contributed by atoms with Crippen LogP contribution in [0.4, 0.5) is 4.39 Å². The van der Waals surface area contributed by atoms with Gasteiger partial charge in [-0.25, -0.2) is 4.39 Å². The SMILES string of the molecule is Cc1cc(-c2cc(C(=O)N3CCC(C#N)CC3)nn2C)ccc1F. The zero-order valence-electron chi connectivity index (χ0n) is 13.8. The number of nitrogens with zero attached hydrogens (tertiary/aromatic N) is 4. The second-order valence-electron chi connectivity index (χ2n) is 6.20. The van der Waals surface area contributed by atoms with E-state index in [1.54, 1.807) is 41.8 Å². The van der Waals surface area contributed by atoms with Crippen LogP contribution < -0.4 is 0 Å². The number of amides is 1. The van der Waals surface area contributed by atoms with Crippen molar-refractivity contribution in [3.63, 3.8) is 0 Å². The molecular formula is C18H19FN4O. The maximum Gasteiger partial charge on any atom is 0.274 e. The Morgan fingerprint density at radius 2 is 2.04 bits per heavy atom. The Bertz CT molecular complexity index is 813. The lowest BCUT2D eigenvalue weighted by atomic mass is 9.98. The highest BCUT2D eigenvalue weighted by Gasteiger charge is 2.25. The Balaban J connectivity index is 1.82. The summed E-state index contributed by atoms with van der Waals surface area (Å²) in [6.07, 6.45) is 1.41. The molecule has 124 valence electrons. The molecule has 1 saturated heterocycles. The molecule has 0 saturated carbocycles. The third-order valence-corrected chi connectivity index (χ3v) is 4.52. The van der Waals surface area contributed by atoms with Crippen LogP contribution in [0.5, 0.6) is 0 Å². The van der Waals surface area contributed by atoms with Gasteiger partial charge in [0.15, 0.2) is 5.69 Å². The average Bonchev–Trinajstić information content (AvgIpc) is 2.98. The van der Waals surface area contributed by atoms with Gasteiger partial charge in [-0.2, -0.15) is 10.4 Å². The predicted molar refractivity (Wildman–Crippen MR) is 87.6 cm³/mol. The summed E-state index contributed by atoms with van der Waals surface area (Å²) < 4.78 is 15.1. The van der Waals surface area contributed by atoms with Gasteiger partial charge in [-0.05, 0) is 49.6 Å². The number of hydrogen-bond acceptors (Lipinski definition) is 3. The van der Waals surface area contributed by atoms with Crippen molar-refractivity contribution >= 4 is 5.91 Å². The first-order valence-electron chi connectivity index (χ1n) is 7.99. The molecular weight excluding hydrogens is 307 g/mol. The third kappa shape index (κ3) is 3.02. The van der Waals surface area contributed by atoms with E-state index in [1.165, 1.54) is 6.07 Å². The highest BCUT2D eigenvalue weighted by atomic mass is 19.1. The summed E-state index contributed by atoms with van der Waals surface area (Å²) in [7, 11) is 1.77. The Labute approximate surface area is 140 Å². The molecule has 0 aliphatic carbocycles. The number of halogens is 1. The molecule has 2 aromatic rings. The molecule has 3 rings (SSSR count). The third-order valence-electron chi connectivity index (χ3n) is 4.52. The smallest absolute Gasteiger partial charge is 0.274 e. The van der Waals surface area contributed by atoms with Gasteiger partial charge in [0.05, 0.1) is 11.8 Å². The second-order valence-corrected chi connectivity index (χ2v) is 6.20. The van der Waals surface area contributed by atoms with Gasteiger partial charge in [-0.15, -0.1) is 0 Å². The fourth-order valence-corrected chi connectivity index (χ4v) is 3.02. The molecule has 1 aliphatic heterocycles. The van der Waals surface area contributed by atoms with E-state index in [0.29, 0.717) is 37.2 Å². The zero-order valence-corrected chi connectivity index (χ0v) is 13.8. The molecule has 0 bridgehead atoms. The minimum absolute atomic E-state index is 0.0375. The van der Waals surface area contributed by atoms with Crippen LogP contribution in [0.3, 0.4) is 0 Å². The van der Waals surface area contributed by atoms with E-state index in [-0.39, 0.29) is 17.6 Å². The maximum absolute atomic E-state index is 13.4. The lowest BCUT2D eigenvalue weighted by Gasteiger charge is -2.28. The monoisotopic (exact) mass is 326 g/mol. The number of hydrogen-bond donors (Lipinski definition) is 0. The van der Waals surface area contributed by atoms with Crippen molar-refractivity contribution in [2.24, 2.45) is 13.0 Å². The van der Waals surface area contributed by atoms with Crippen molar-refractivity contribution < 1.29 is 9.18 Å². The summed E-state index contributed by atoms with van der Waals surface area (Å²) in [4.78, 5) is 14.4. The molecule has 1 aromatic heterocycles. The van der Waals surface area contributed by atoms with Crippen LogP contribution in [-0.4, -0.2) is 33.7 Å². The number of nitriles is 1. The molecule has 6 heteroatoms. The Morgan fingerprint density at radius 3 is 2.67 bits per heavy atom. The fraction of sp³-hybridized carbons (Fsp3) is 0.389. The summed E-state index contributed by atoms with van der Waals surface area (Å²) in [5, 5.41) is 13.3. The highest BCUT2D eigenvalue weighted by molar-refractivity contribution is 5.93. The topological polar surface area (TPSA) is 61.9 Å². The molecule has 2 heterocycles. The van der Waals surface area contributed by atoms with Crippen LogP contribution in [0.1, 0.15) is 28.9 Å². The first-order valence-corrected chi connectivity index (χ1v) is 7.99. The van der Waals surface area contributed by atoms with E-state index in [0.717, 1.165) is 11.3 Å². The Kier molecular flexibility index (Phi) is 4.34. The lowest BCUT2D eigenvalue weighted by Crippen LogP contribution is -2.38. The quantitative estimate of drug-likeness (QED) is 0.852. The van der Waals surface area contributed by atoms with Gasteiger partial charge in [-0.3, -0.25) is 9.48 Å². The van der Waals surface area contributed by atoms with Crippen molar-refractivity contribution in [1.82, 2.24) is 14.7 Å². The number of carbonyl (C=O) groups excluding carboxylic acids is 1. The minimum Gasteiger partial charge on any atom is -0.337 e. The molecule has 0 spiro atoms. The van der Waals surface area contributed by atoms with Crippen molar-refractivity contribution in [2.75, 3.05) is 13.1 Å². The minimum atomic E-state index is -0.252. The molecule has 1 aromatic carbocycles. The van der Waals surface area contributed by atoms with Gasteiger partial charge >= 0.3 is 0 Å². The van der Waals surface area contributed by atoms with E-state index in [1.807, 2.05) is 0 Å². The van der Waals surface area contributed by atoms with Crippen LogP contribution in [0.25, 0.3) is 11.3 Å².